The molecular weight excluding hydrogens is 270 g/mol. The van der Waals surface area contributed by atoms with Crippen molar-refractivity contribution in [3.63, 3.8) is 0 Å². The van der Waals surface area contributed by atoms with Crippen LogP contribution >= 0.6 is 0 Å². The maximum atomic E-state index is 11.8. The van der Waals surface area contributed by atoms with Crippen molar-refractivity contribution in [2.75, 3.05) is 11.9 Å². The molecule has 0 aliphatic carbocycles. The zero-order valence-electron chi connectivity index (χ0n) is 13.0. The van der Waals surface area contributed by atoms with Gasteiger partial charge in [-0.3, -0.25) is 9.78 Å². The third kappa shape index (κ3) is 7.29. The maximum absolute atomic E-state index is 11.8. The highest BCUT2D eigenvalue weighted by atomic mass is 16.6. The van der Waals surface area contributed by atoms with Crippen LogP contribution in [0.3, 0.4) is 0 Å². The van der Waals surface area contributed by atoms with E-state index in [1.54, 1.807) is 39.1 Å². The van der Waals surface area contributed by atoms with Gasteiger partial charge in [0.1, 0.15) is 5.60 Å². The number of ether oxygens (including phenoxy) is 1. The molecular formula is C15H23N3O3. The summed E-state index contributed by atoms with van der Waals surface area (Å²) >= 11 is 0. The first-order chi connectivity index (χ1) is 9.78. The van der Waals surface area contributed by atoms with Gasteiger partial charge < -0.3 is 15.4 Å². The zero-order valence-corrected chi connectivity index (χ0v) is 13.0. The highest BCUT2D eigenvalue weighted by Crippen LogP contribution is 2.10. The Morgan fingerprint density at radius 2 is 2.05 bits per heavy atom. The van der Waals surface area contributed by atoms with Crippen LogP contribution < -0.4 is 10.6 Å². The SMILES string of the molecule is Cc1ncccc1NC(=O)CCCNC(=O)OC(C)(C)C. The minimum atomic E-state index is -0.515. The minimum Gasteiger partial charge on any atom is -0.444 e. The van der Waals surface area contributed by atoms with Crippen molar-refractivity contribution < 1.29 is 14.3 Å². The Morgan fingerprint density at radius 1 is 1.33 bits per heavy atom. The number of nitrogens with one attached hydrogen (secondary N) is 2. The lowest BCUT2D eigenvalue weighted by molar-refractivity contribution is -0.116. The van der Waals surface area contributed by atoms with E-state index in [2.05, 4.69) is 15.6 Å². The summed E-state index contributed by atoms with van der Waals surface area (Å²) in [4.78, 5) is 27.2. The van der Waals surface area contributed by atoms with E-state index in [1.165, 1.54) is 0 Å². The number of aromatic nitrogens is 1. The number of alkyl carbamates (subject to hydrolysis) is 1. The molecule has 6 heteroatoms. The van der Waals surface area contributed by atoms with Gasteiger partial charge in [0.15, 0.2) is 0 Å². The average molecular weight is 293 g/mol. The van der Waals surface area contributed by atoms with Crippen LogP contribution in [0.4, 0.5) is 10.5 Å². The van der Waals surface area contributed by atoms with Crippen molar-refractivity contribution in [1.82, 2.24) is 10.3 Å². The fourth-order valence-electron chi connectivity index (χ4n) is 1.58. The van der Waals surface area contributed by atoms with Gasteiger partial charge in [-0.2, -0.15) is 0 Å². The predicted molar refractivity (Wildman–Crippen MR) is 81.1 cm³/mol. The van der Waals surface area contributed by atoms with Gasteiger partial charge in [-0.05, 0) is 46.2 Å². The van der Waals surface area contributed by atoms with Gasteiger partial charge in [-0.15, -0.1) is 0 Å². The first-order valence-electron chi connectivity index (χ1n) is 6.96. The Hall–Kier alpha value is -2.11. The summed E-state index contributed by atoms with van der Waals surface area (Å²) in [5.41, 5.74) is 0.972. The quantitative estimate of drug-likeness (QED) is 0.818. The highest BCUT2D eigenvalue weighted by Gasteiger charge is 2.15. The molecule has 0 aliphatic rings. The fourth-order valence-corrected chi connectivity index (χ4v) is 1.58. The second-order valence-corrected chi connectivity index (χ2v) is 5.72. The largest absolute Gasteiger partial charge is 0.444 e. The van der Waals surface area contributed by atoms with Gasteiger partial charge in [-0.1, -0.05) is 0 Å². The molecule has 1 rings (SSSR count). The van der Waals surface area contributed by atoms with Gasteiger partial charge >= 0.3 is 6.09 Å². The number of pyridine rings is 1. The Bertz CT molecular complexity index is 495. The standard InChI is InChI=1S/C15H23N3O3/c1-11-12(7-5-9-16-11)18-13(19)8-6-10-17-14(20)21-15(2,3)4/h5,7,9H,6,8,10H2,1-4H3,(H,17,20)(H,18,19). The summed E-state index contributed by atoms with van der Waals surface area (Å²) in [7, 11) is 0. The van der Waals surface area contributed by atoms with Crippen LogP contribution in [0.2, 0.25) is 0 Å². The van der Waals surface area contributed by atoms with E-state index in [9.17, 15) is 9.59 Å². The topological polar surface area (TPSA) is 80.3 Å². The van der Waals surface area contributed by atoms with Crippen molar-refractivity contribution >= 4 is 17.7 Å². The molecule has 0 radical (unpaired) electrons. The van der Waals surface area contributed by atoms with E-state index in [4.69, 9.17) is 4.74 Å². The van der Waals surface area contributed by atoms with E-state index in [-0.39, 0.29) is 5.91 Å². The molecule has 0 atom stereocenters. The van der Waals surface area contributed by atoms with Gasteiger partial charge in [-0.25, -0.2) is 4.79 Å². The zero-order chi connectivity index (χ0) is 15.9. The summed E-state index contributed by atoms with van der Waals surface area (Å²) in [5, 5.41) is 5.41. The Morgan fingerprint density at radius 3 is 2.67 bits per heavy atom. The molecule has 2 amide bonds. The molecule has 1 aromatic heterocycles. The first-order valence-corrected chi connectivity index (χ1v) is 6.96. The summed E-state index contributed by atoms with van der Waals surface area (Å²) in [6.45, 7) is 7.64. The van der Waals surface area contributed by atoms with E-state index in [1.807, 2.05) is 6.92 Å². The van der Waals surface area contributed by atoms with Gasteiger partial charge in [0, 0.05) is 19.2 Å². The number of amides is 2. The Labute approximate surface area is 125 Å². The third-order valence-corrected chi connectivity index (χ3v) is 2.53. The molecule has 0 aliphatic heterocycles. The molecule has 0 bridgehead atoms. The number of hydrogen-bond acceptors (Lipinski definition) is 4. The minimum absolute atomic E-state index is 0.0999. The van der Waals surface area contributed by atoms with E-state index >= 15 is 0 Å². The van der Waals surface area contributed by atoms with Crippen LogP contribution in [-0.4, -0.2) is 29.1 Å². The summed E-state index contributed by atoms with van der Waals surface area (Å²) < 4.78 is 5.10. The molecule has 0 saturated carbocycles. The van der Waals surface area contributed by atoms with Gasteiger partial charge in [0.25, 0.3) is 0 Å². The van der Waals surface area contributed by atoms with Gasteiger partial charge in [0.05, 0.1) is 11.4 Å². The summed E-state index contributed by atoms with van der Waals surface area (Å²) in [5.74, 6) is -0.0999. The lowest BCUT2D eigenvalue weighted by Gasteiger charge is -2.19. The molecule has 116 valence electrons. The smallest absolute Gasteiger partial charge is 0.407 e. The van der Waals surface area contributed by atoms with Gasteiger partial charge in [0.2, 0.25) is 5.91 Å². The molecule has 6 nitrogen and oxygen atoms in total. The second-order valence-electron chi connectivity index (χ2n) is 5.72. The fraction of sp³-hybridized carbons (Fsp3) is 0.533. The van der Waals surface area contributed by atoms with Crippen LogP contribution in [0, 0.1) is 6.92 Å². The molecule has 0 aromatic carbocycles. The van der Waals surface area contributed by atoms with Crippen LogP contribution in [-0.2, 0) is 9.53 Å². The lowest BCUT2D eigenvalue weighted by Crippen LogP contribution is -2.33. The van der Waals surface area contributed by atoms with Crippen molar-refractivity contribution in [2.45, 2.75) is 46.1 Å². The van der Waals surface area contributed by atoms with Crippen LogP contribution in [0.15, 0.2) is 18.3 Å². The normalized spacial score (nSPS) is 10.9. The molecule has 1 aromatic rings. The van der Waals surface area contributed by atoms with E-state index < -0.39 is 11.7 Å². The number of carbonyl (C=O) groups is 2. The molecule has 1 heterocycles. The number of carbonyl (C=O) groups excluding carboxylic acids is 2. The lowest BCUT2D eigenvalue weighted by atomic mass is 10.2. The van der Waals surface area contributed by atoms with Crippen molar-refractivity contribution in [1.29, 1.82) is 0 Å². The molecule has 0 unspecified atom stereocenters. The Kier molecular flexibility index (Phi) is 6.14. The second kappa shape index (κ2) is 7.61. The number of rotatable bonds is 5. The highest BCUT2D eigenvalue weighted by molar-refractivity contribution is 5.91. The van der Waals surface area contributed by atoms with Crippen LogP contribution in [0.1, 0.15) is 39.3 Å². The monoisotopic (exact) mass is 293 g/mol. The van der Waals surface area contributed by atoms with Crippen LogP contribution in [0.25, 0.3) is 0 Å². The third-order valence-electron chi connectivity index (χ3n) is 2.53. The Balaban J connectivity index is 2.23. The molecule has 0 fully saturated rings. The van der Waals surface area contributed by atoms with Crippen molar-refractivity contribution in [3.8, 4) is 0 Å². The molecule has 2 N–H and O–H groups in total. The molecule has 0 spiro atoms. The summed E-state index contributed by atoms with van der Waals surface area (Å²) in [6, 6.07) is 3.58. The van der Waals surface area contributed by atoms with E-state index in [0.29, 0.717) is 25.1 Å². The van der Waals surface area contributed by atoms with Crippen LogP contribution in [0.5, 0.6) is 0 Å². The number of hydrogen-bond donors (Lipinski definition) is 2. The molecule has 0 saturated heterocycles. The number of nitrogens with zero attached hydrogens (tertiary/aromatic N) is 1. The van der Waals surface area contributed by atoms with Crippen molar-refractivity contribution in [2.24, 2.45) is 0 Å². The average Bonchev–Trinajstić information content (AvgIpc) is 2.35. The summed E-state index contributed by atoms with van der Waals surface area (Å²) in [6.07, 6.45) is 2.08. The van der Waals surface area contributed by atoms with E-state index in [0.717, 1.165) is 5.69 Å². The van der Waals surface area contributed by atoms with Crippen molar-refractivity contribution in [3.05, 3.63) is 24.0 Å². The molecule has 21 heavy (non-hydrogen) atoms. The number of anilines is 1. The number of aryl methyl sites for hydroxylation is 1. The maximum Gasteiger partial charge on any atom is 0.407 e. The first kappa shape index (κ1) is 16.9. The predicted octanol–water partition coefficient (Wildman–Crippen LogP) is 2.63.